The summed E-state index contributed by atoms with van der Waals surface area (Å²) in [5.41, 5.74) is 0.887. The molecule has 2 N–H and O–H groups in total. The molecule has 1 aromatic carbocycles. The van der Waals surface area contributed by atoms with Crippen molar-refractivity contribution in [1.82, 2.24) is 10.2 Å². The van der Waals surface area contributed by atoms with E-state index in [0.29, 0.717) is 29.4 Å². The molecule has 0 aliphatic carbocycles. The molecule has 0 radical (unpaired) electrons. The number of hydrogen-bond donors (Lipinski definition) is 2. The van der Waals surface area contributed by atoms with Crippen LogP contribution in [0.15, 0.2) is 18.2 Å². The van der Waals surface area contributed by atoms with Crippen molar-refractivity contribution < 1.29 is 14.3 Å². The molecule has 1 unspecified atom stereocenters. The van der Waals surface area contributed by atoms with Gasteiger partial charge in [-0.2, -0.15) is 0 Å². The number of nitrogens with one attached hydrogen (secondary N) is 2. The van der Waals surface area contributed by atoms with Crippen molar-refractivity contribution in [1.29, 1.82) is 0 Å². The first kappa shape index (κ1) is 17.7. The topological polar surface area (TPSA) is 70.7 Å². The van der Waals surface area contributed by atoms with Gasteiger partial charge in [0.2, 0.25) is 0 Å². The molecule has 0 saturated carbocycles. The SMILES string of the molecule is CC(C)N(C)C(=O)c1ccc(Cl)c(NC(=O)C2CNCCO2)c1. The van der Waals surface area contributed by atoms with Gasteiger partial charge in [0.1, 0.15) is 6.10 Å². The highest BCUT2D eigenvalue weighted by Gasteiger charge is 2.23. The van der Waals surface area contributed by atoms with Crippen LogP contribution in [0.5, 0.6) is 0 Å². The number of rotatable bonds is 4. The van der Waals surface area contributed by atoms with Gasteiger partial charge in [0.25, 0.3) is 11.8 Å². The molecule has 1 fully saturated rings. The lowest BCUT2D eigenvalue weighted by molar-refractivity contribution is -0.128. The van der Waals surface area contributed by atoms with Crippen LogP contribution in [0.3, 0.4) is 0 Å². The Bertz CT molecular complexity index is 586. The monoisotopic (exact) mass is 339 g/mol. The normalized spacial score (nSPS) is 17.9. The summed E-state index contributed by atoms with van der Waals surface area (Å²) in [6.45, 7) is 5.55. The number of amides is 2. The van der Waals surface area contributed by atoms with E-state index in [1.54, 1.807) is 30.1 Å². The van der Waals surface area contributed by atoms with Gasteiger partial charge >= 0.3 is 0 Å². The highest BCUT2D eigenvalue weighted by molar-refractivity contribution is 6.34. The molecule has 1 aliphatic rings. The van der Waals surface area contributed by atoms with Gasteiger partial charge in [0, 0.05) is 31.7 Å². The molecule has 1 atom stereocenters. The van der Waals surface area contributed by atoms with E-state index in [4.69, 9.17) is 16.3 Å². The zero-order valence-electron chi connectivity index (χ0n) is 13.6. The molecule has 1 saturated heterocycles. The molecule has 1 aliphatic heterocycles. The maximum Gasteiger partial charge on any atom is 0.254 e. The number of benzene rings is 1. The Hall–Kier alpha value is -1.63. The van der Waals surface area contributed by atoms with Crippen LogP contribution in [0.4, 0.5) is 5.69 Å². The Morgan fingerprint density at radius 1 is 1.43 bits per heavy atom. The van der Waals surface area contributed by atoms with Crippen molar-refractivity contribution in [3.05, 3.63) is 28.8 Å². The van der Waals surface area contributed by atoms with Gasteiger partial charge in [-0.1, -0.05) is 11.6 Å². The summed E-state index contributed by atoms with van der Waals surface area (Å²) in [6.07, 6.45) is -0.558. The van der Waals surface area contributed by atoms with Crippen molar-refractivity contribution in [3.63, 3.8) is 0 Å². The van der Waals surface area contributed by atoms with Crippen molar-refractivity contribution in [2.45, 2.75) is 26.0 Å². The zero-order chi connectivity index (χ0) is 17.0. The Morgan fingerprint density at radius 2 is 2.17 bits per heavy atom. The fourth-order valence-corrected chi connectivity index (χ4v) is 2.30. The van der Waals surface area contributed by atoms with Crippen LogP contribution in [0.2, 0.25) is 5.02 Å². The van der Waals surface area contributed by atoms with E-state index in [-0.39, 0.29) is 17.9 Å². The van der Waals surface area contributed by atoms with Crippen molar-refractivity contribution in [3.8, 4) is 0 Å². The fourth-order valence-electron chi connectivity index (χ4n) is 2.14. The van der Waals surface area contributed by atoms with Crippen molar-refractivity contribution in [2.24, 2.45) is 0 Å². The molecule has 2 amide bonds. The molecular formula is C16H22ClN3O3. The lowest BCUT2D eigenvalue weighted by atomic mass is 10.1. The number of ether oxygens (including phenoxy) is 1. The molecule has 7 heteroatoms. The van der Waals surface area contributed by atoms with E-state index in [0.717, 1.165) is 6.54 Å². The number of nitrogens with zero attached hydrogens (tertiary/aromatic N) is 1. The molecule has 126 valence electrons. The van der Waals surface area contributed by atoms with Gasteiger partial charge in [-0.05, 0) is 32.0 Å². The number of carbonyl (C=O) groups excluding carboxylic acids is 2. The van der Waals surface area contributed by atoms with Crippen LogP contribution in [0, 0.1) is 0 Å². The molecular weight excluding hydrogens is 318 g/mol. The van der Waals surface area contributed by atoms with Gasteiger partial charge < -0.3 is 20.3 Å². The van der Waals surface area contributed by atoms with Crippen LogP contribution >= 0.6 is 11.6 Å². The Kier molecular flexibility index (Phi) is 5.98. The fraction of sp³-hybridized carbons (Fsp3) is 0.500. The quantitative estimate of drug-likeness (QED) is 0.876. The summed E-state index contributed by atoms with van der Waals surface area (Å²) in [5.74, 6) is -0.399. The van der Waals surface area contributed by atoms with E-state index < -0.39 is 6.10 Å². The number of hydrogen-bond acceptors (Lipinski definition) is 4. The minimum Gasteiger partial charge on any atom is -0.366 e. The van der Waals surface area contributed by atoms with Gasteiger partial charge in [-0.25, -0.2) is 0 Å². The minimum absolute atomic E-state index is 0.0814. The van der Waals surface area contributed by atoms with Crippen LogP contribution in [-0.2, 0) is 9.53 Å². The molecule has 0 spiro atoms. The Labute approximate surface area is 141 Å². The highest BCUT2D eigenvalue weighted by atomic mass is 35.5. The molecule has 2 rings (SSSR count). The summed E-state index contributed by atoms with van der Waals surface area (Å²) in [6, 6.07) is 4.94. The first-order valence-electron chi connectivity index (χ1n) is 7.60. The summed E-state index contributed by atoms with van der Waals surface area (Å²) in [4.78, 5) is 26.2. The second-order valence-electron chi connectivity index (χ2n) is 5.76. The van der Waals surface area contributed by atoms with Gasteiger partial charge in [-0.3, -0.25) is 9.59 Å². The summed E-state index contributed by atoms with van der Waals surface area (Å²) in [5, 5.41) is 6.21. The van der Waals surface area contributed by atoms with Crippen LogP contribution in [-0.4, -0.2) is 55.6 Å². The van der Waals surface area contributed by atoms with Crippen molar-refractivity contribution >= 4 is 29.1 Å². The molecule has 0 aromatic heterocycles. The van der Waals surface area contributed by atoms with Gasteiger partial charge in [0.15, 0.2) is 0 Å². The van der Waals surface area contributed by atoms with Crippen molar-refractivity contribution in [2.75, 3.05) is 32.1 Å². The van der Waals surface area contributed by atoms with E-state index in [9.17, 15) is 9.59 Å². The van der Waals surface area contributed by atoms with Gasteiger partial charge in [-0.15, -0.1) is 0 Å². The maximum absolute atomic E-state index is 12.4. The first-order chi connectivity index (χ1) is 10.9. The standard InChI is InChI=1S/C16H22ClN3O3/c1-10(2)20(3)16(22)11-4-5-12(17)13(8-11)19-15(21)14-9-18-6-7-23-14/h4-5,8,10,14,18H,6-7,9H2,1-3H3,(H,19,21). The van der Waals surface area contributed by atoms with E-state index in [1.165, 1.54) is 0 Å². The van der Waals surface area contributed by atoms with E-state index >= 15 is 0 Å². The van der Waals surface area contributed by atoms with Crippen LogP contribution in [0.1, 0.15) is 24.2 Å². The number of morpholine rings is 1. The molecule has 1 heterocycles. The highest BCUT2D eigenvalue weighted by Crippen LogP contribution is 2.24. The lowest BCUT2D eigenvalue weighted by Gasteiger charge is -2.24. The Morgan fingerprint density at radius 3 is 2.78 bits per heavy atom. The van der Waals surface area contributed by atoms with E-state index in [2.05, 4.69) is 10.6 Å². The summed E-state index contributed by atoms with van der Waals surface area (Å²) >= 11 is 6.13. The summed E-state index contributed by atoms with van der Waals surface area (Å²) in [7, 11) is 1.74. The molecule has 0 bridgehead atoms. The van der Waals surface area contributed by atoms with E-state index in [1.807, 2.05) is 13.8 Å². The van der Waals surface area contributed by atoms with Gasteiger partial charge in [0.05, 0.1) is 17.3 Å². The third kappa shape index (κ3) is 4.43. The zero-order valence-corrected chi connectivity index (χ0v) is 14.3. The number of carbonyl (C=O) groups is 2. The molecule has 23 heavy (non-hydrogen) atoms. The number of halogens is 1. The smallest absolute Gasteiger partial charge is 0.254 e. The summed E-state index contributed by atoms with van der Waals surface area (Å²) < 4.78 is 5.41. The lowest BCUT2D eigenvalue weighted by Crippen LogP contribution is -2.45. The maximum atomic E-state index is 12.4. The largest absolute Gasteiger partial charge is 0.366 e. The third-order valence-corrected chi connectivity index (χ3v) is 4.12. The predicted octanol–water partition coefficient (Wildman–Crippen LogP) is 1.75. The second-order valence-corrected chi connectivity index (χ2v) is 6.16. The van der Waals surface area contributed by atoms with Crippen LogP contribution < -0.4 is 10.6 Å². The Balaban J connectivity index is 2.14. The molecule has 6 nitrogen and oxygen atoms in total. The second kappa shape index (κ2) is 7.77. The minimum atomic E-state index is -0.558. The average Bonchev–Trinajstić information content (AvgIpc) is 2.56. The average molecular weight is 340 g/mol. The first-order valence-corrected chi connectivity index (χ1v) is 7.98. The third-order valence-electron chi connectivity index (χ3n) is 3.79. The predicted molar refractivity (Wildman–Crippen MR) is 89.9 cm³/mol. The molecule has 1 aromatic rings. The van der Waals surface area contributed by atoms with Crippen LogP contribution in [0.25, 0.3) is 0 Å². The number of anilines is 1.